The lowest BCUT2D eigenvalue weighted by Crippen LogP contribution is -2.55. The summed E-state index contributed by atoms with van der Waals surface area (Å²) in [5.74, 6) is -0.803. The molecule has 0 bridgehead atoms. The normalized spacial score (nSPS) is 20.2. The highest BCUT2D eigenvalue weighted by Crippen LogP contribution is 2.20. The van der Waals surface area contributed by atoms with Crippen LogP contribution in [0.15, 0.2) is 24.3 Å². The fourth-order valence-electron chi connectivity index (χ4n) is 2.41. The van der Waals surface area contributed by atoms with E-state index in [2.05, 4.69) is 0 Å². The lowest BCUT2D eigenvalue weighted by atomic mass is 10.1. The molecule has 1 aliphatic rings. The number of hydrogen-bond donors (Lipinski definition) is 1. The van der Waals surface area contributed by atoms with Crippen LogP contribution in [-0.4, -0.2) is 47.6 Å². The number of carbonyl (C=O) groups is 2. The molecule has 1 N–H and O–H groups in total. The molecule has 0 unspecified atom stereocenters. The summed E-state index contributed by atoms with van der Waals surface area (Å²) < 4.78 is 0. The van der Waals surface area contributed by atoms with Crippen LogP contribution in [0.4, 0.5) is 5.69 Å². The number of benzene rings is 1. The van der Waals surface area contributed by atoms with Gasteiger partial charge >= 0.3 is 5.97 Å². The Kier molecular flexibility index (Phi) is 4.39. The molecule has 1 fully saturated rings. The van der Waals surface area contributed by atoms with E-state index in [9.17, 15) is 9.59 Å². The van der Waals surface area contributed by atoms with Gasteiger partial charge in [0.2, 0.25) is 5.91 Å². The third-order valence-corrected chi connectivity index (χ3v) is 3.67. The van der Waals surface area contributed by atoms with Crippen molar-refractivity contribution in [2.45, 2.75) is 26.3 Å². The predicted octanol–water partition coefficient (Wildman–Crippen LogP) is 1.51. The third kappa shape index (κ3) is 3.36. The minimum Gasteiger partial charge on any atom is -0.481 e. The number of nitrogens with zero attached hydrogens (tertiary/aromatic N) is 2. The van der Waals surface area contributed by atoms with E-state index in [1.807, 2.05) is 43.0 Å². The summed E-state index contributed by atoms with van der Waals surface area (Å²) in [6.45, 7) is 5.33. The van der Waals surface area contributed by atoms with Crippen LogP contribution in [-0.2, 0) is 9.59 Å². The Morgan fingerprint density at radius 3 is 2.60 bits per heavy atom. The Morgan fingerprint density at radius 2 is 2.00 bits per heavy atom. The van der Waals surface area contributed by atoms with E-state index in [-0.39, 0.29) is 24.9 Å². The molecular formula is C15H20N2O3. The number of carbonyl (C=O) groups excluding carboxylic acids is 1. The number of piperazine rings is 1. The molecular weight excluding hydrogens is 256 g/mol. The van der Waals surface area contributed by atoms with Gasteiger partial charge in [-0.05, 0) is 26.0 Å². The van der Waals surface area contributed by atoms with Crippen molar-refractivity contribution in [3.05, 3.63) is 29.8 Å². The number of amides is 1. The van der Waals surface area contributed by atoms with Gasteiger partial charge < -0.3 is 10.0 Å². The minimum absolute atomic E-state index is 0.0253. The summed E-state index contributed by atoms with van der Waals surface area (Å²) in [5.41, 5.74) is 2.07. The molecule has 0 radical (unpaired) electrons. The maximum absolute atomic E-state index is 12.2. The molecule has 0 spiro atoms. The summed E-state index contributed by atoms with van der Waals surface area (Å²) >= 11 is 0. The predicted molar refractivity (Wildman–Crippen MR) is 76.8 cm³/mol. The molecule has 5 heteroatoms. The smallest absolute Gasteiger partial charge is 0.304 e. The molecule has 2 rings (SSSR count). The summed E-state index contributed by atoms with van der Waals surface area (Å²) in [5, 5.41) is 8.73. The molecule has 20 heavy (non-hydrogen) atoms. The van der Waals surface area contributed by atoms with E-state index in [1.165, 1.54) is 0 Å². The summed E-state index contributed by atoms with van der Waals surface area (Å²) in [6, 6.07) is 8.04. The van der Waals surface area contributed by atoms with Crippen molar-refractivity contribution >= 4 is 17.6 Å². The van der Waals surface area contributed by atoms with Crippen LogP contribution in [0.25, 0.3) is 0 Å². The molecule has 0 aliphatic carbocycles. The number of hydrogen-bond acceptors (Lipinski definition) is 3. The first-order valence-electron chi connectivity index (χ1n) is 6.80. The van der Waals surface area contributed by atoms with Crippen LogP contribution < -0.4 is 4.90 Å². The fourth-order valence-corrected chi connectivity index (χ4v) is 2.41. The summed E-state index contributed by atoms with van der Waals surface area (Å²) in [4.78, 5) is 26.6. The average molecular weight is 276 g/mol. The van der Waals surface area contributed by atoms with Gasteiger partial charge in [-0.25, -0.2) is 0 Å². The number of aryl methyl sites for hydroxylation is 1. The number of aliphatic carboxylic acids is 1. The highest BCUT2D eigenvalue weighted by Gasteiger charge is 2.30. The van der Waals surface area contributed by atoms with Gasteiger partial charge in [0, 0.05) is 24.8 Å². The van der Waals surface area contributed by atoms with Gasteiger partial charge in [-0.15, -0.1) is 0 Å². The zero-order valence-corrected chi connectivity index (χ0v) is 11.9. The average Bonchev–Trinajstić information content (AvgIpc) is 2.40. The second-order valence-corrected chi connectivity index (χ2v) is 5.30. The summed E-state index contributed by atoms with van der Waals surface area (Å²) in [7, 11) is 0. The second kappa shape index (κ2) is 6.05. The topological polar surface area (TPSA) is 60.9 Å². The number of rotatable bonds is 4. The van der Waals surface area contributed by atoms with E-state index in [4.69, 9.17) is 5.11 Å². The Hall–Kier alpha value is -1.88. The minimum atomic E-state index is -0.828. The molecule has 1 aromatic rings. The molecule has 1 heterocycles. The molecule has 108 valence electrons. The Morgan fingerprint density at radius 1 is 1.35 bits per heavy atom. The number of carboxylic acid groups (broad SMARTS) is 1. The van der Waals surface area contributed by atoms with Gasteiger partial charge in [-0.3, -0.25) is 14.5 Å². The Labute approximate surface area is 118 Å². The molecule has 5 nitrogen and oxygen atoms in total. The van der Waals surface area contributed by atoms with Crippen LogP contribution >= 0.6 is 0 Å². The maximum Gasteiger partial charge on any atom is 0.304 e. The molecule has 0 aromatic heterocycles. The zero-order chi connectivity index (χ0) is 14.7. The first-order valence-corrected chi connectivity index (χ1v) is 6.80. The molecule has 1 amide bonds. The molecule has 0 saturated carbocycles. The van der Waals surface area contributed by atoms with Crippen molar-refractivity contribution in [1.29, 1.82) is 0 Å². The van der Waals surface area contributed by atoms with Gasteiger partial charge in [0.05, 0.1) is 13.0 Å². The first-order chi connectivity index (χ1) is 9.47. The largest absolute Gasteiger partial charge is 0.481 e. The highest BCUT2D eigenvalue weighted by atomic mass is 16.4. The van der Waals surface area contributed by atoms with Crippen molar-refractivity contribution in [1.82, 2.24) is 4.90 Å². The molecule has 1 aliphatic heterocycles. The van der Waals surface area contributed by atoms with E-state index in [0.29, 0.717) is 13.1 Å². The van der Waals surface area contributed by atoms with Gasteiger partial charge in [0.15, 0.2) is 0 Å². The van der Waals surface area contributed by atoms with Crippen LogP contribution in [0.2, 0.25) is 0 Å². The number of carboxylic acids is 1. The van der Waals surface area contributed by atoms with Gasteiger partial charge in [-0.2, -0.15) is 0 Å². The van der Waals surface area contributed by atoms with Crippen molar-refractivity contribution in [3.8, 4) is 0 Å². The molecule has 1 aromatic carbocycles. The van der Waals surface area contributed by atoms with E-state index in [0.717, 1.165) is 11.3 Å². The van der Waals surface area contributed by atoms with Crippen LogP contribution in [0.3, 0.4) is 0 Å². The highest BCUT2D eigenvalue weighted by molar-refractivity contribution is 5.95. The summed E-state index contributed by atoms with van der Waals surface area (Å²) in [6.07, 6.45) is 0.0716. The van der Waals surface area contributed by atoms with Gasteiger partial charge in [0.25, 0.3) is 0 Å². The lowest BCUT2D eigenvalue weighted by molar-refractivity contribution is -0.138. The Bertz CT molecular complexity index is 498. The van der Waals surface area contributed by atoms with Crippen LogP contribution in [0, 0.1) is 6.92 Å². The SMILES string of the molecule is Cc1ccc(N2C[C@@H](C)N(CCC(=O)O)CC2=O)cc1. The molecule has 1 saturated heterocycles. The standard InChI is InChI=1S/C15H20N2O3/c1-11-3-5-13(6-4-11)17-9-12(2)16(10-14(17)18)8-7-15(19)20/h3-6,12H,7-10H2,1-2H3,(H,19,20)/t12-/m1/s1. The van der Waals surface area contributed by atoms with E-state index in [1.54, 1.807) is 4.90 Å². The van der Waals surface area contributed by atoms with Gasteiger partial charge in [0.1, 0.15) is 0 Å². The van der Waals surface area contributed by atoms with Crippen LogP contribution in [0.5, 0.6) is 0 Å². The van der Waals surface area contributed by atoms with E-state index < -0.39 is 5.97 Å². The first kappa shape index (κ1) is 14.5. The maximum atomic E-state index is 12.2. The Balaban J connectivity index is 2.04. The van der Waals surface area contributed by atoms with Crippen molar-refractivity contribution in [3.63, 3.8) is 0 Å². The zero-order valence-electron chi connectivity index (χ0n) is 11.9. The molecule has 1 atom stereocenters. The monoisotopic (exact) mass is 276 g/mol. The van der Waals surface area contributed by atoms with Crippen molar-refractivity contribution in [2.75, 3.05) is 24.5 Å². The number of anilines is 1. The van der Waals surface area contributed by atoms with Crippen LogP contribution in [0.1, 0.15) is 18.9 Å². The second-order valence-electron chi connectivity index (χ2n) is 5.30. The third-order valence-electron chi connectivity index (χ3n) is 3.67. The van der Waals surface area contributed by atoms with E-state index >= 15 is 0 Å². The quantitative estimate of drug-likeness (QED) is 0.905. The van der Waals surface area contributed by atoms with Gasteiger partial charge in [-0.1, -0.05) is 17.7 Å². The van der Waals surface area contributed by atoms with Crippen molar-refractivity contribution in [2.24, 2.45) is 0 Å². The van der Waals surface area contributed by atoms with Crippen molar-refractivity contribution < 1.29 is 14.7 Å². The fraction of sp³-hybridized carbons (Fsp3) is 0.467. The lowest BCUT2D eigenvalue weighted by Gasteiger charge is -2.39.